The number of benzene rings is 1. The number of aromatic nitrogens is 5. The normalized spacial score (nSPS) is 10.4. The Balaban J connectivity index is 1.70. The molecular weight excluding hydrogens is 406 g/mol. The molecular formula is C23H21N7O2. The summed E-state index contributed by atoms with van der Waals surface area (Å²) in [6.45, 7) is 5.43. The van der Waals surface area contributed by atoms with E-state index in [9.17, 15) is 4.79 Å². The van der Waals surface area contributed by atoms with Crippen LogP contribution < -0.4 is 15.4 Å². The number of ether oxygens (including phenoxy) is 1. The van der Waals surface area contributed by atoms with Crippen molar-refractivity contribution in [3.05, 3.63) is 79.5 Å². The second-order valence-corrected chi connectivity index (χ2v) is 7.01. The molecule has 0 saturated heterocycles. The highest BCUT2D eigenvalue weighted by atomic mass is 16.5. The first-order chi connectivity index (χ1) is 15.5. The molecule has 160 valence electrons. The first kappa shape index (κ1) is 20.7. The van der Waals surface area contributed by atoms with Gasteiger partial charge in [-0.2, -0.15) is 10.1 Å². The molecule has 0 fully saturated rings. The molecule has 0 unspecified atom stereocenters. The number of aryl methyl sites for hydroxylation is 2. The van der Waals surface area contributed by atoms with E-state index in [2.05, 4.69) is 37.3 Å². The Bertz CT molecular complexity index is 1280. The van der Waals surface area contributed by atoms with Gasteiger partial charge in [-0.05, 0) is 36.8 Å². The summed E-state index contributed by atoms with van der Waals surface area (Å²) in [5.74, 6) is 0.887. The van der Waals surface area contributed by atoms with E-state index in [0.29, 0.717) is 28.8 Å². The Labute approximate surface area is 184 Å². The minimum Gasteiger partial charge on any atom is -0.438 e. The SMILES string of the molecule is C=CC(=O)Nc1cccc(Oc2nc(Nc3cnn(C)c3)ncc2-c2cncc(C)c2)c1. The Morgan fingerprint density at radius 2 is 2.03 bits per heavy atom. The van der Waals surface area contributed by atoms with Crippen LogP contribution in [0.3, 0.4) is 0 Å². The molecule has 0 aliphatic heterocycles. The van der Waals surface area contributed by atoms with Crippen LogP contribution in [0.5, 0.6) is 11.6 Å². The van der Waals surface area contributed by atoms with Crippen molar-refractivity contribution in [3.8, 4) is 22.8 Å². The summed E-state index contributed by atoms with van der Waals surface area (Å²) in [4.78, 5) is 24.9. The summed E-state index contributed by atoms with van der Waals surface area (Å²) in [7, 11) is 1.83. The van der Waals surface area contributed by atoms with Gasteiger partial charge < -0.3 is 15.4 Å². The fraction of sp³-hybridized carbons (Fsp3) is 0.0870. The van der Waals surface area contributed by atoms with Gasteiger partial charge in [0.25, 0.3) is 0 Å². The van der Waals surface area contributed by atoms with Gasteiger partial charge >= 0.3 is 0 Å². The van der Waals surface area contributed by atoms with Crippen molar-refractivity contribution in [1.82, 2.24) is 24.7 Å². The van der Waals surface area contributed by atoms with Crippen molar-refractivity contribution in [2.24, 2.45) is 7.05 Å². The molecule has 0 saturated carbocycles. The molecule has 2 N–H and O–H groups in total. The van der Waals surface area contributed by atoms with Crippen LogP contribution in [0.15, 0.2) is 74.0 Å². The molecule has 0 bridgehead atoms. The van der Waals surface area contributed by atoms with E-state index < -0.39 is 0 Å². The van der Waals surface area contributed by atoms with Gasteiger partial charge in [-0.1, -0.05) is 12.6 Å². The molecule has 0 aliphatic carbocycles. The number of hydrogen-bond donors (Lipinski definition) is 2. The van der Waals surface area contributed by atoms with Crippen molar-refractivity contribution in [2.75, 3.05) is 10.6 Å². The molecule has 1 amide bonds. The summed E-state index contributed by atoms with van der Waals surface area (Å²) >= 11 is 0. The van der Waals surface area contributed by atoms with Gasteiger partial charge in [-0.25, -0.2) is 4.98 Å². The molecule has 0 spiro atoms. The zero-order valence-corrected chi connectivity index (χ0v) is 17.6. The van der Waals surface area contributed by atoms with Gasteiger partial charge in [0.1, 0.15) is 5.75 Å². The van der Waals surface area contributed by atoms with E-state index >= 15 is 0 Å². The van der Waals surface area contributed by atoms with Crippen LogP contribution in [0.4, 0.5) is 17.3 Å². The minimum atomic E-state index is -0.307. The van der Waals surface area contributed by atoms with E-state index in [0.717, 1.165) is 16.8 Å². The van der Waals surface area contributed by atoms with E-state index in [1.165, 1.54) is 6.08 Å². The van der Waals surface area contributed by atoms with Gasteiger partial charge in [0.2, 0.25) is 17.7 Å². The molecule has 3 heterocycles. The maximum Gasteiger partial charge on any atom is 0.247 e. The monoisotopic (exact) mass is 427 g/mol. The second-order valence-electron chi connectivity index (χ2n) is 7.01. The Morgan fingerprint density at radius 1 is 1.16 bits per heavy atom. The zero-order chi connectivity index (χ0) is 22.5. The zero-order valence-electron chi connectivity index (χ0n) is 17.6. The van der Waals surface area contributed by atoms with Gasteiger partial charge in [-0.3, -0.25) is 14.5 Å². The fourth-order valence-electron chi connectivity index (χ4n) is 2.96. The Morgan fingerprint density at radius 3 is 2.78 bits per heavy atom. The number of nitrogens with one attached hydrogen (secondary N) is 2. The lowest BCUT2D eigenvalue weighted by molar-refractivity contribution is -0.111. The molecule has 9 nitrogen and oxygen atoms in total. The van der Waals surface area contributed by atoms with Gasteiger partial charge in [0, 0.05) is 49.2 Å². The summed E-state index contributed by atoms with van der Waals surface area (Å²) in [6, 6.07) is 8.99. The van der Waals surface area contributed by atoms with Crippen LogP contribution in [0.2, 0.25) is 0 Å². The topological polar surface area (TPSA) is 107 Å². The van der Waals surface area contributed by atoms with E-state index in [4.69, 9.17) is 4.74 Å². The number of rotatable bonds is 7. The van der Waals surface area contributed by atoms with Crippen LogP contribution in [0, 0.1) is 6.92 Å². The standard InChI is InChI=1S/C23H21N7O2/c1-4-21(31)27-17-6-5-7-19(9-17)32-22-20(16-8-15(2)10-24-11-16)13-25-23(29-22)28-18-12-26-30(3)14-18/h4-14H,1H2,2-3H3,(H,27,31)(H,25,28,29). The average Bonchev–Trinajstić information content (AvgIpc) is 3.18. The molecule has 1 aromatic carbocycles. The number of pyridine rings is 1. The quantitative estimate of drug-likeness (QED) is 0.425. The van der Waals surface area contributed by atoms with Crippen molar-refractivity contribution in [3.63, 3.8) is 0 Å². The maximum atomic E-state index is 11.6. The summed E-state index contributed by atoms with van der Waals surface area (Å²) in [5, 5.41) is 9.97. The molecule has 9 heteroatoms. The van der Waals surface area contributed by atoms with E-state index in [1.807, 2.05) is 26.2 Å². The molecule has 3 aromatic heterocycles. The predicted molar refractivity (Wildman–Crippen MR) is 122 cm³/mol. The molecule has 32 heavy (non-hydrogen) atoms. The third-order valence-corrected chi connectivity index (χ3v) is 4.40. The number of anilines is 3. The third kappa shape index (κ3) is 4.96. The maximum absolute atomic E-state index is 11.6. The van der Waals surface area contributed by atoms with Crippen molar-refractivity contribution in [1.29, 1.82) is 0 Å². The van der Waals surface area contributed by atoms with Crippen LogP contribution in [0.25, 0.3) is 11.1 Å². The Kier molecular flexibility index (Phi) is 5.89. The third-order valence-electron chi connectivity index (χ3n) is 4.40. The minimum absolute atomic E-state index is 0.307. The highest BCUT2D eigenvalue weighted by Crippen LogP contribution is 2.33. The first-order valence-corrected chi connectivity index (χ1v) is 9.76. The first-order valence-electron chi connectivity index (χ1n) is 9.76. The van der Waals surface area contributed by atoms with Crippen molar-refractivity contribution >= 4 is 23.2 Å². The lowest BCUT2D eigenvalue weighted by atomic mass is 10.1. The molecule has 4 aromatic rings. The van der Waals surface area contributed by atoms with E-state index in [-0.39, 0.29) is 5.91 Å². The Hall–Kier alpha value is -4.53. The predicted octanol–water partition coefficient (Wildman–Crippen LogP) is 4.24. The fourth-order valence-corrected chi connectivity index (χ4v) is 2.96. The highest BCUT2D eigenvalue weighted by molar-refractivity contribution is 5.98. The number of amides is 1. The summed E-state index contributed by atoms with van der Waals surface area (Å²) < 4.78 is 7.80. The largest absolute Gasteiger partial charge is 0.438 e. The van der Waals surface area contributed by atoms with Crippen LogP contribution in [-0.4, -0.2) is 30.6 Å². The number of carbonyl (C=O) groups is 1. The van der Waals surface area contributed by atoms with E-state index in [1.54, 1.807) is 53.7 Å². The van der Waals surface area contributed by atoms with Gasteiger partial charge in [0.15, 0.2) is 0 Å². The lowest BCUT2D eigenvalue weighted by Gasteiger charge is -2.13. The average molecular weight is 427 g/mol. The van der Waals surface area contributed by atoms with Crippen LogP contribution in [-0.2, 0) is 11.8 Å². The number of hydrogen-bond acceptors (Lipinski definition) is 7. The van der Waals surface area contributed by atoms with Crippen molar-refractivity contribution in [2.45, 2.75) is 6.92 Å². The summed E-state index contributed by atoms with van der Waals surface area (Å²) in [5.41, 5.74) is 3.83. The van der Waals surface area contributed by atoms with Gasteiger partial charge in [-0.15, -0.1) is 0 Å². The van der Waals surface area contributed by atoms with Gasteiger partial charge in [0.05, 0.1) is 17.4 Å². The highest BCUT2D eigenvalue weighted by Gasteiger charge is 2.14. The summed E-state index contributed by atoms with van der Waals surface area (Å²) in [6.07, 6.45) is 9.88. The molecule has 4 rings (SSSR count). The molecule has 0 radical (unpaired) electrons. The molecule has 0 aliphatic rings. The lowest BCUT2D eigenvalue weighted by Crippen LogP contribution is -2.07. The number of carbonyl (C=O) groups excluding carboxylic acids is 1. The molecule has 0 atom stereocenters. The van der Waals surface area contributed by atoms with Crippen molar-refractivity contribution < 1.29 is 9.53 Å². The smallest absolute Gasteiger partial charge is 0.247 e. The number of nitrogens with zero attached hydrogens (tertiary/aromatic N) is 5. The van der Waals surface area contributed by atoms with Crippen LogP contribution in [0.1, 0.15) is 5.56 Å². The van der Waals surface area contributed by atoms with Crippen LogP contribution >= 0.6 is 0 Å². The second kappa shape index (κ2) is 9.09.